The molecule has 1 atom stereocenters. The van der Waals surface area contributed by atoms with Crippen LogP contribution in [0.25, 0.3) is 10.1 Å². The number of nitrogens with two attached hydrogens (primary N) is 1. The molecule has 7 heteroatoms. The second-order valence-corrected chi connectivity index (χ2v) is 8.14. The molecule has 2 aromatic carbocycles. The van der Waals surface area contributed by atoms with Gasteiger partial charge in [0.2, 0.25) is 5.91 Å². The first-order valence-corrected chi connectivity index (χ1v) is 9.70. The van der Waals surface area contributed by atoms with E-state index >= 15 is 0 Å². The van der Waals surface area contributed by atoms with Crippen LogP contribution in [0.2, 0.25) is 0 Å². The number of hydrogen-bond donors (Lipinski definition) is 2. The monoisotopic (exact) mass is 392 g/mol. The average Bonchev–Trinajstić information content (AvgIpc) is 3.11. The number of amides is 2. The molecule has 0 saturated heterocycles. The Morgan fingerprint density at radius 3 is 2.75 bits per heavy atom. The van der Waals surface area contributed by atoms with Gasteiger partial charge in [0.1, 0.15) is 0 Å². The minimum Gasteiger partial charge on any atom is -0.369 e. The minimum atomic E-state index is -0.758. The van der Waals surface area contributed by atoms with E-state index in [1.54, 1.807) is 7.05 Å². The largest absolute Gasteiger partial charge is 0.369 e. The molecule has 142 valence electrons. The molecule has 3 N–H and O–H groups in total. The summed E-state index contributed by atoms with van der Waals surface area (Å²) in [7, 11) is 1.61. The Bertz CT molecular complexity index is 1090. The number of fused-ring (bicyclic) bond motifs is 1. The van der Waals surface area contributed by atoms with Gasteiger partial charge in [0.25, 0.3) is 5.91 Å². The fraction of sp³-hybridized carbons (Fsp3) is 0.190. The van der Waals surface area contributed by atoms with Crippen LogP contribution in [0.5, 0.6) is 0 Å². The van der Waals surface area contributed by atoms with Crippen molar-refractivity contribution in [2.75, 3.05) is 12.4 Å². The Labute approximate surface area is 166 Å². The topological polar surface area (TPSA) is 87.8 Å². The molecule has 28 heavy (non-hydrogen) atoms. The quantitative estimate of drug-likeness (QED) is 0.715. The first-order chi connectivity index (χ1) is 13.4. The first kappa shape index (κ1) is 18.2. The number of hydrogen-bond acceptors (Lipinski definition) is 5. The molecule has 2 amide bonds. The van der Waals surface area contributed by atoms with Crippen LogP contribution < -0.4 is 11.1 Å². The van der Waals surface area contributed by atoms with Gasteiger partial charge < -0.3 is 11.1 Å². The van der Waals surface area contributed by atoms with Crippen LogP contribution in [0, 0.1) is 0 Å². The third-order valence-electron chi connectivity index (χ3n) is 4.97. The fourth-order valence-corrected chi connectivity index (χ4v) is 4.25. The zero-order valence-corrected chi connectivity index (χ0v) is 16.4. The number of rotatable bonds is 3. The summed E-state index contributed by atoms with van der Waals surface area (Å²) in [6.07, 6.45) is 0.220. The van der Waals surface area contributed by atoms with E-state index in [1.807, 2.05) is 61.5 Å². The van der Waals surface area contributed by atoms with Crippen molar-refractivity contribution in [3.05, 3.63) is 65.0 Å². The van der Waals surface area contributed by atoms with Crippen molar-refractivity contribution in [3.8, 4) is 0 Å². The molecular formula is C21H20N4O2S. The molecule has 0 unspecified atom stereocenters. The molecule has 6 nitrogen and oxygen atoms in total. The normalized spacial score (nSPS) is 19.6. The molecule has 0 aliphatic carbocycles. The van der Waals surface area contributed by atoms with Gasteiger partial charge in [-0.25, -0.2) is 4.99 Å². The van der Waals surface area contributed by atoms with E-state index in [1.165, 1.54) is 16.2 Å². The first-order valence-electron chi connectivity index (χ1n) is 8.88. The van der Waals surface area contributed by atoms with E-state index in [-0.39, 0.29) is 24.2 Å². The van der Waals surface area contributed by atoms with Gasteiger partial charge in [-0.3, -0.25) is 14.5 Å². The van der Waals surface area contributed by atoms with Crippen LogP contribution in [-0.2, 0) is 10.3 Å². The van der Waals surface area contributed by atoms with Gasteiger partial charge in [-0.05, 0) is 42.1 Å². The highest BCUT2D eigenvalue weighted by molar-refractivity contribution is 7.20. The maximum absolute atomic E-state index is 12.7. The molecule has 2 heterocycles. The highest BCUT2D eigenvalue weighted by Crippen LogP contribution is 2.34. The maximum atomic E-state index is 12.7. The number of thiophene rings is 1. The third kappa shape index (κ3) is 3.25. The zero-order valence-electron chi connectivity index (χ0n) is 15.6. The van der Waals surface area contributed by atoms with Crippen molar-refractivity contribution in [1.29, 1.82) is 0 Å². The van der Waals surface area contributed by atoms with Crippen molar-refractivity contribution in [1.82, 2.24) is 4.90 Å². The van der Waals surface area contributed by atoms with Gasteiger partial charge in [-0.1, -0.05) is 30.3 Å². The number of carbonyl (C=O) groups excluding carboxylic acids is 2. The lowest BCUT2D eigenvalue weighted by Crippen LogP contribution is -2.47. The van der Waals surface area contributed by atoms with Crippen molar-refractivity contribution >= 4 is 44.9 Å². The van der Waals surface area contributed by atoms with Crippen molar-refractivity contribution < 1.29 is 9.59 Å². The molecular weight excluding hydrogens is 372 g/mol. The van der Waals surface area contributed by atoms with E-state index in [0.29, 0.717) is 10.6 Å². The van der Waals surface area contributed by atoms with Crippen LogP contribution in [0.1, 0.15) is 28.6 Å². The van der Waals surface area contributed by atoms with Crippen molar-refractivity contribution in [3.63, 3.8) is 0 Å². The van der Waals surface area contributed by atoms with Gasteiger partial charge in [0, 0.05) is 17.4 Å². The Hall–Kier alpha value is -3.19. The maximum Gasteiger partial charge on any atom is 0.265 e. The number of nitrogens with one attached hydrogen (secondary N) is 1. The summed E-state index contributed by atoms with van der Waals surface area (Å²) in [5.74, 6) is -0.0563. The Morgan fingerprint density at radius 2 is 2.00 bits per heavy atom. The Morgan fingerprint density at radius 1 is 1.21 bits per heavy atom. The lowest BCUT2D eigenvalue weighted by molar-refractivity contribution is -0.128. The summed E-state index contributed by atoms with van der Waals surface area (Å²) >= 11 is 1.46. The van der Waals surface area contributed by atoms with E-state index in [0.717, 1.165) is 15.6 Å². The molecule has 1 aliphatic heterocycles. The molecule has 0 saturated carbocycles. The molecule has 1 aromatic heterocycles. The van der Waals surface area contributed by atoms with Crippen LogP contribution in [0.15, 0.2) is 59.6 Å². The minimum absolute atomic E-state index is 0.0882. The van der Waals surface area contributed by atoms with Crippen LogP contribution in [0.4, 0.5) is 5.69 Å². The number of aliphatic imine (C=N–C) groups is 1. The SMILES string of the molecule is CN1C(=O)C[C@@](C)(c2cccc(NC(=O)c3cc4ccccc4s3)c2)N=C1N. The van der Waals surface area contributed by atoms with E-state index in [9.17, 15) is 9.59 Å². The number of nitrogens with zero attached hydrogens (tertiary/aromatic N) is 2. The van der Waals surface area contributed by atoms with E-state index < -0.39 is 5.54 Å². The average molecular weight is 392 g/mol. The van der Waals surface area contributed by atoms with E-state index in [2.05, 4.69) is 10.3 Å². The highest BCUT2D eigenvalue weighted by atomic mass is 32.1. The zero-order chi connectivity index (χ0) is 19.9. The van der Waals surface area contributed by atoms with E-state index in [4.69, 9.17) is 5.73 Å². The van der Waals surface area contributed by atoms with Gasteiger partial charge in [-0.15, -0.1) is 11.3 Å². The number of benzene rings is 2. The predicted molar refractivity (Wildman–Crippen MR) is 113 cm³/mol. The van der Waals surface area contributed by atoms with Crippen LogP contribution in [-0.4, -0.2) is 29.7 Å². The van der Waals surface area contributed by atoms with Gasteiger partial charge in [0.05, 0.1) is 16.8 Å². The van der Waals surface area contributed by atoms with Gasteiger partial charge in [-0.2, -0.15) is 0 Å². The summed E-state index contributed by atoms with van der Waals surface area (Å²) in [5, 5.41) is 3.99. The Kier molecular flexibility index (Phi) is 4.39. The molecule has 0 bridgehead atoms. The molecule has 1 aliphatic rings. The highest BCUT2D eigenvalue weighted by Gasteiger charge is 2.36. The van der Waals surface area contributed by atoms with Crippen molar-refractivity contribution in [2.45, 2.75) is 18.9 Å². The summed E-state index contributed by atoms with van der Waals surface area (Å²) in [5.41, 5.74) is 6.62. The Balaban J connectivity index is 1.60. The number of guanidine groups is 1. The lowest BCUT2D eigenvalue weighted by atomic mass is 9.87. The summed E-state index contributed by atoms with van der Waals surface area (Å²) in [6, 6.07) is 17.2. The summed E-state index contributed by atoms with van der Waals surface area (Å²) < 4.78 is 1.07. The van der Waals surface area contributed by atoms with Crippen LogP contribution in [0.3, 0.4) is 0 Å². The smallest absolute Gasteiger partial charge is 0.265 e. The molecule has 0 spiro atoms. The summed E-state index contributed by atoms with van der Waals surface area (Å²) in [4.78, 5) is 31.4. The second kappa shape index (κ2) is 6.76. The van der Waals surface area contributed by atoms with Crippen molar-refractivity contribution in [2.24, 2.45) is 10.7 Å². The fourth-order valence-electron chi connectivity index (χ4n) is 3.29. The predicted octanol–water partition coefficient (Wildman–Crippen LogP) is 3.55. The molecule has 0 fully saturated rings. The molecule has 4 rings (SSSR count). The summed E-state index contributed by atoms with van der Waals surface area (Å²) in [6.45, 7) is 1.87. The third-order valence-corrected chi connectivity index (χ3v) is 6.08. The van der Waals surface area contributed by atoms with Crippen LogP contribution >= 0.6 is 11.3 Å². The lowest BCUT2D eigenvalue weighted by Gasteiger charge is -2.33. The number of anilines is 1. The number of carbonyl (C=O) groups is 2. The molecule has 0 radical (unpaired) electrons. The van der Waals surface area contributed by atoms with Gasteiger partial charge >= 0.3 is 0 Å². The standard InChI is InChI=1S/C21H20N4O2S/c1-21(12-18(26)25(2)20(22)24-21)14-7-5-8-15(11-14)23-19(27)17-10-13-6-3-4-9-16(13)28-17/h3-11H,12H2,1-2H3,(H2,22,24)(H,23,27)/t21-/m0/s1. The van der Waals surface area contributed by atoms with Gasteiger partial charge in [0.15, 0.2) is 5.96 Å². The molecule has 3 aromatic rings. The second-order valence-electron chi connectivity index (χ2n) is 7.06.